The fraction of sp³-hybridized carbons (Fsp3) is 0.500. The molecule has 1 aromatic rings. The van der Waals surface area contributed by atoms with Crippen molar-refractivity contribution in [2.24, 2.45) is 0 Å². The van der Waals surface area contributed by atoms with Crippen molar-refractivity contribution in [1.82, 2.24) is 5.32 Å². The lowest BCUT2D eigenvalue weighted by molar-refractivity contribution is -0.137. The molecule has 0 aliphatic carbocycles. The van der Waals surface area contributed by atoms with Crippen molar-refractivity contribution in [3.05, 3.63) is 22.6 Å². The molecule has 0 atom stereocenters. The smallest absolute Gasteiger partial charge is 0.303 e. The third kappa shape index (κ3) is 5.35. The van der Waals surface area contributed by atoms with Crippen LogP contribution in [0.4, 0.5) is 0 Å². The normalized spacial score (nSPS) is 10.3. The third-order valence-electron chi connectivity index (χ3n) is 2.43. The van der Waals surface area contributed by atoms with Crippen molar-refractivity contribution in [2.45, 2.75) is 32.1 Å². The molecule has 5 nitrogen and oxygen atoms in total. The number of carbonyl (C=O) groups excluding carboxylic acids is 1. The van der Waals surface area contributed by atoms with Gasteiger partial charge in [0.15, 0.2) is 0 Å². The molecule has 0 aliphatic rings. The second-order valence-corrected chi connectivity index (χ2v) is 4.77. The maximum Gasteiger partial charge on any atom is 0.303 e. The number of rotatable bonds is 8. The van der Waals surface area contributed by atoms with Gasteiger partial charge in [0.1, 0.15) is 0 Å². The van der Waals surface area contributed by atoms with Gasteiger partial charge in [0.25, 0.3) is 5.91 Å². The molecule has 0 saturated heterocycles. The highest BCUT2D eigenvalue weighted by Gasteiger charge is 2.12. The van der Waals surface area contributed by atoms with E-state index in [-0.39, 0.29) is 18.1 Å². The molecular weight excluding hydrogens is 302 g/mol. The molecule has 18 heavy (non-hydrogen) atoms. The summed E-state index contributed by atoms with van der Waals surface area (Å²) in [5, 5.41) is 11.2. The molecule has 2 N–H and O–H groups in total. The van der Waals surface area contributed by atoms with Crippen molar-refractivity contribution in [3.63, 3.8) is 0 Å². The van der Waals surface area contributed by atoms with Crippen LogP contribution in [0.15, 0.2) is 21.2 Å². The lowest BCUT2D eigenvalue weighted by Crippen LogP contribution is -2.24. The highest BCUT2D eigenvalue weighted by molar-refractivity contribution is 9.10. The Morgan fingerprint density at radius 3 is 2.61 bits per heavy atom. The summed E-state index contributed by atoms with van der Waals surface area (Å²) >= 11 is 3.21. The Morgan fingerprint density at radius 2 is 2.00 bits per heavy atom. The predicted octanol–water partition coefficient (Wildman–Crippen LogP) is 2.81. The van der Waals surface area contributed by atoms with Gasteiger partial charge in [-0.2, -0.15) is 0 Å². The first kappa shape index (κ1) is 14.8. The average molecular weight is 318 g/mol. The molecule has 0 fully saturated rings. The minimum absolute atomic E-state index is 0.214. The Kier molecular flexibility index (Phi) is 6.49. The van der Waals surface area contributed by atoms with Crippen molar-refractivity contribution >= 4 is 27.8 Å². The summed E-state index contributed by atoms with van der Waals surface area (Å²) in [5.41, 5.74) is 0. The largest absolute Gasteiger partial charge is 0.481 e. The van der Waals surface area contributed by atoms with Crippen LogP contribution in [-0.4, -0.2) is 23.5 Å². The van der Waals surface area contributed by atoms with Crippen molar-refractivity contribution in [1.29, 1.82) is 0 Å². The van der Waals surface area contributed by atoms with Gasteiger partial charge in [0, 0.05) is 13.0 Å². The molecule has 1 rings (SSSR count). The fourth-order valence-corrected chi connectivity index (χ4v) is 1.87. The standard InChI is InChI=1S/C12H16BrNO4/c13-9-6-8-18-11(9)12(17)14-7-4-2-1-3-5-10(15)16/h6,8H,1-5,7H2,(H,14,17)(H,15,16). The maximum absolute atomic E-state index is 11.6. The van der Waals surface area contributed by atoms with Crippen LogP contribution in [-0.2, 0) is 4.79 Å². The van der Waals surface area contributed by atoms with Crippen molar-refractivity contribution in [2.75, 3.05) is 6.54 Å². The molecule has 1 amide bonds. The van der Waals surface area contributed by atoms with Gasteiger partial charge in [0.2, 0.25) is 5.76 Å². The summed E-state index contributed by atoms with van der Waals surface area (Å²) in [6.07, 6.45) is 4.97. The van der Waals surface area contributed by atoms with E-state index in [4.69, 9.17) is 9.52 Å². The van der Waals surface area contributed by atoms with Gasteiger partial charge >= 0.3 is 5.97 Å². The highest BCUT2D eigenvalue weighted by atomic mass is 79.9. The Hall–Kier alpha value is -1.30. The predicted molar refractivity (Wildman–Crippen MR) is 69.5 cm³/mol. The highest BCUT2D eigenvalue weighted by Crippen LogP contribution is 2.17. The minimum atomic E-state index is -0.758. The van der Waals surface area contributed by atoms with E-state index in [1.807, 2.05) is 0 Å². The molecule has 0 saturated carbocycles. The summed E-state index contributed by atoms with van der Waals surface area (Å²) < 4.78 is 5.66. The van der Waals surface area contributed by atoms with Crippen molar-refractivity contribution < 1.29 is 19.1 Å². The number of nitrogens with one attached hydrogen (secondary N) is 1. The Bertz CT molecular complexity index is 403. The topological polar surface area (TPSA) is 79.5 Å². The van der Waals surface area contributed by atoms with Crippen LogP contribution in [0, 0.1) is 0 Å². The monoisotopic (exact) mass is 317 g/mol. The van der Waals surface area contributed by atoms with E-state index in [0.29, 0.717) is 17.4 Å². The number of hydrogen-bond donors (Lipinski definition) is 2. The van der Waals surface area contributed by atoms with Gasteiger partial charge in [0.05, 0.1) is 10.7 Å². The molecule has 0 bridgehead atoms. The van der Waals surface area contributed by atoms with Gasteiger partial charge < -0.3 is 14.8 Å². The lowest BCUT2D eigenvalue weighted by Gasteiger charge is -2.03. The maximum atomic E-state index is 11.6. The first-order valence-corrected chi connectivity index (χ1v) is 6.63. The molecule has 0 unspecified atom stereocenters. The number of carbonyl (C=O) groups is 2. The number of halogens is 1. The first-order chi connectivity index (χ1) is 8.61. The molecule has 1 heterocycles. The Balaban J connectivity index is 2.06. The summed E-state index contributed by atoms with van der Waals surface area (Å²) in [6, 6.07) is 1.67. The van der Waals surface area contributed by atoms with Crippen LogP contribution in [0.2, 0.25) is 0 Å². The minimum Gasteiger partial charge on any atom is -0.481 e. The Morgan fingerprint density at radius 1 is 1.28 bits per heavy atom. The van der Waals surface area contributed by atoms with Gasteiger partial charge in [-0.3, -0.25) is 9.59 Å². The van der Waals surface area contributed by atoms with E-state index in [0.717, 1.165) is 19.3 Å². The molecule has 100 valence electrons. The second kappa shape index (κ2) is 7.92. The van der Waals surface area contributed by atoms with E-state index < -0.39 is 5.97 Å². The molecule has 0 aliphatic heterocycles. The quantitative estimate of drug-likeness (QED) is 0.722. The summed E-state index contributed by atoms with van der Waals surface area (Å²) in [4.78, 5) is 21.9. The van der Waals surface area contributed by atoms with Gasteiger partial charge in [-0.05, 0) is 34.8 Å². The van der Waals surface area contributed by atoms with Crippen molar-refractivity contribution in [3.8, 4) is 0 Å². The number of aliphatic carboxylic acids is 1. The zero-order valence-electron chi connectivity index (χ0n) is 9.95. The van der Waals surface area contributed by atoms with E-state index >= 15 is 0 Å². The molecule has 0 radical (unpaired) electrons. The second-order valence-electron chi connectivity index (χ2n) is 3.91. The van der Waals surface area contributed by atoms with E-state index in [1.165, 1.54) is 6.26 Å². The van der Waals surface area contributed by atoms with Crippen LogP contribution in [0.1, 0.15) is 42.7 Å². The summed E-state index contributed by atoms with van der Waals surface area (Å²) in [7, 11) is 0. The zero-order valence-corrected chi connectivity index (χ0v) is 11.5. The van der Waals surface area contributed by atoms with Crippen LogP contribution in [0.25, 0.3) is 0 Å². The van der Waals surface area contributed by atoms with Crippen LogP contribution in [0.3, 0.4) is 0 Å². The van der Waals surface area contributed by atoms with E-state index in [9.17, 15) is 9.59 Å². The lowest BCUT2D eigenvalue weighted by atomic mass is 10.1. The molecule has 0 aromatic carbocycles. The number of unbranched alkanes of at least 4 members (excludes halogenated alkanes) is 3. The number of furan rings is 1. The van der Waals surface area contributed by atoms with Crippen LogP contribution < -0.4 is 5.32 Å². The Labute approximate surface area is 114 Å². The number of amides is 1. The SMILES string of the molecule is O=C(O)CCCCCCNC(=O)c1occc1Br. The third-order valence-corrected chi connectivity index (χ3v) is 3.05. The number of carboxylic acid groups (broad SMARTS) is 1. The molecular formula is C12H16BrNO4. The number of hydrogen-bond acceptors (Lipinski definition) is 3. The first-order valence-electron chi connectivity index (χ1n) is 5.84. The zero-order chi connectivity index (χ0) is 13.4. The van der Waals surface area contributed by atoms with Gasteiger partial charge in [-0.1, -0.05) is 12.8 Å². The van der Waals surface area contributed by atoms with E-state index in [2.05, 4.69) is 21.2 Å². The molecule has 6 heteroatoms. The fourth-order valence-electron chi connectivity index (χ4n) is 1.49. The average Bonchev–Trinajstić information content (AvgIpc) is 2.73. The number of carboxylic acids is 1. The van der Waals surface area contributed by atoms with Crippen LogP contribution >= 0.6 is 15.9 Å². The van der Waals surface area contributed by atoms with E-state index in [1.54, 1.807) is 6.07 Å². The van der Waals surface area contributed by atoms with Gasteiger partial charge in [-0.25, -0.2) is 0 Å². The summed E-state index contributed by atoms with van der Waals surface area (Å²) in [6.45, 7) is 0.568. The van der Waals surface area contributed by atoms with Crippen LogP contribution in [0.5, 0.6) is 0 Å². The van der Waals surface area contributed by atoms with Gasteiger partial charge in [-0.15, -0.1) is 0 Å². The summed E-state index contributed by atoms with van der Waals surface area (Å²) in [5.74, 6) is -0.718. The molecule has 0 spiro atoms. The molecule has 1 aromatic heterocycles.